The minimum atomic E-state index is -0.956. The van der Waals surface area contributed by atoms with Crippen molar-refractivity contribution in [2.75, 3.05) is 19.5 Å². The van der Waals surface area contributed by atoms with Gasteiger partial charge in [0.2, 0.25) is 0 Å². The van der Waals surface area contributed by atoms with Crippen LogP contribution in [0.3, 0.4) is 0 Å². The Balaban J connectivity index is 2.49. The Morgan fingerprint density at radius 1 is 1.32 bits per heavy atom. The van der Waals surface area contributed by atoms with Crippen molar-refractivity contribution in [3.8, 4) is 11.3 Å². The highest BCUT2D eigenvalue weighted by Crippen LogP contribution is 2.26. The quantitative estimate of drug-likeness (QED) is 0.530. The Bertz CT molecular complexity index is 796. The van der Waals surface area contributed by atoms with Crippen LogP contribution in [0.2, 0.25) is 0 Å². The van der Waals surface area contributed by atoms with Gasteiger partial charge in [-0.1, -0.05) is 24.3 Å². The second kappa shape index (κ2) is 8.65. The van der Waals surface area contributed by atoms with E-state index in [0.717, 1.165) is 22.4 Å². The molecule has 130 valence electrons. The van der Waals surface area contributed by atoms with E-state index in [2.05, 4.69) is 10.3 Å². The molecule has 0 bridgehead atoms. The van der Waals surface area contributed by atoms with E-state index >= 15 is 0 Å². The zero-order valence-corrected chi connectivity index (χ0v) is 14.2. The summed E-state index contributed by atoms with van der Waals surface area (Å²) < 4.78 is 4.88. The summed E-state index contributed by atoms with van der Waals surface area (Å²) in [4.78, 5) is 15.6. The number of anilines is 1. The van der Waals surface area contributed by atoms with Crippen molar-refractivity contribution in [3.05, 3.63) is 65.4 Å². The van der Waals surface area contributed by atoms with Gasteiger partial charge in [0.15, 0.2) is 0 Å². The molecule has 2 aromatic rings. The van der Waals surface area contributed by atoms with Crippen molar-refractivity contribution in [2.45, 2.75) is 6.54 Å². The summed E-state index contributed by atoms with van der Waals surface area (Å²) in [6, 6.07) is 8.53. The van der Waals surface area contributed by atoms with Gasteiger partial charge in [0.1, 0.15) is 5.82 Å². The number of carboxylic acid groups (broad SMARTS) is 1. The number of rotatable bonds is 7. The number of methoxy groups -OCH3 is 1. The molecule has 1 aromatic carbocycles. The van der Waals surface area contributed by atoms with Crippen molar-refractivity contribution in [2.24, 2.45) is 5.73 Å². The van der Waals surface area contributed by atoms with Crippen molar-refractivity contribution in [3.63, 3.8) is 0 Å². The minimum Gasteiger partial charge on any atom is -0.504 e. The predicted molar refractivity (Wildman–Crippen MR) is 99.3 cm³/mol. The standard InChI is InChI=1S/C19H21N3O3/c1-21-18-16(12-20)15(5-3-4-10-25-2)11-17(22-18)13-6-8-14(9-7-13)19(23)24/h3-11H,12,20H2,1-2H3,(H,21,22)(H,23,24)/b5-3+,10-4-. The summed E-state index contributed by atoms with van der Waals surface area (Å²) in [6.45, 7) is 0.342. The fourth-order valence-corrected chi connectivity index (χ4v) is 2.38. The van der Waals surface area contributed by atoms with Gasteiger partial charge >= 0.3 is 5.97 Å². The highest BCUT2D eigenvalue weighted by atomic mass is 16.5. The van der Waals surface area contributed by atoms with Gasteiger partial charge < -0.3 is 20.9 Å². The number of carboxylic acids is 1. The summed E-state index contributed by atoms with van der Waals surface area (Å²) in [7, 11) is 3.37. The lowest BCUT2D eigenvalue weighted by atomic mass is 10.0. The zero-order valence-electron chi connectivity index (χ0n) is 14.2. The lowest BCUT2D eigenvalue weighted by Crippen LogP contribution is -2.07. The molecule has 0 fully saturated rings. The SMILES string of the molecule is CNc1nc(-c2ccc(C(=O)O)cc2)cc(/C=C/C=C\OC)c1CN. The Hall–Kier alpha value is -3.12. The predicted octanol–water partition coefficient (Wildman–Crippen LogP) is 3.12. The van der Waals surface area contributed by atoms with Gasteiger partial charge in [-0.15, -0.1) is 0 Å². The van der Waals surface area contributed by atoms with Crippen molar-refractivity contribution in [1.82, 2.24) is 4.98 Å². The number of nitrogens with zero attached hydrogens (tertiary/aromatic N) is 1. The summed E-state index contributed by atoms with van der Waals surface area (Å²) in [5.74, 6) is -0.264. The van der Waals surface area contributed by atoms with E-state index in [1.807, 2.05) is 18.2 Å². The minimum absolute atomic E-state index is 0.237. The van der Waals surface area contributed by atoms with Crippen LogP contribution in [-0.4, -0.2) is 30.2 Å². The summed E-state index contributed by atoms with van der Waals surface area (Å²) in [6.07, 6.45) is 7.13. The number of nitrogens with one attached hydrogen (secondary N) is 1. The molecule has 0 aliphatic carbocycles. The number of hydrogen-bond donors (Lipinski definition) is 3. The number of aromatic carboxylic acids is 1. The third-order valence-corrected chi connectivity index (χ3v) is 3.63. The molecule has 6 nitrogen and oxygen atoms in total. The molecule has 0 saturated heterocycles. The summed E-state index contributed by atoms with van der Waals surface area (Å²) in [5, 5.41) is 12.1. The lowest BCUT2D eigenvalue weighted by molar-refractivity contribution is 0.0697. The van der Waals surface area contributed by atoms with Gasteiger partial charge in [-0.2, -0.15) is 0 Å². The molecule has 0 aliphatic rings. The van der Waals surface area contributed by atoms with Gasteiger partial charge in [0, 0.05) is 24.7 Å². The molecule has 0 atom stereocenters. The number of ether oxygens (including phenoxy) is 1. The third-order valence-electron chi connectivity index (χ3n) is 3.63. The average molecular weight is 339 g/mol. The number of pyridine rings is 1. The number of nitrogens with two attached hydrogens (primary N) is 1. The second-order valence-electron chi connectivity index (χ2n) is 5.18. The maximum Gasteiger partial charge on any atom is 0.335 e. The van der Waals surface area contributed by atoms with E-state index in [1.54, 1.807) is 50.8 Å². The van der Waals surface area contributed by atoms with Gasteiger partial charge in [-0.05, 0) is 29.8 Å². The van der Waals surface area contributed by atoms with E-state index in [-0.39, 0.29) is 5.56 Å². The molecule has 0 unspecified atom stereocenters. The van der Waals surface area contributed by atoms with Crippen LogP contribution in [0, 0.1) is 0 Å². The number of benzene rings is 1. The van der Waals surface area contributed by atoms with Crippen LogP contribution < -0.4 is 11.1 Å². The van der Waals surface area contributed by atoms with Gasteiger partial charge in [0.25, 0.3) is 0 Å². The van der Waals surface area contributed by atoms with Crippen LogP contribution in [0.5, 0.6) is 0 Å². The molecule has 0 radical (unpaired) electrons. The Morgan fingerprint density at radius 2 is 2.04 bits per heavy atom. The highest BCUT2D eigenvalue weighted by molar-refractivity contribution is 5.88. The smallest absolute Gasteiger partial charge is 0.335 e. The number of allylic oxidation sites excluding steroid dienone is 2. The fourth-order valence-electron chi connectivity index (χ4n) is 2.38. The largest absolute Gasteiger partial charge is 0.504 e. The first kappa shape index (κ1) is 18.2. The molecule has 4 N–H and O–H groups in total. The van der Waals surface area contributed by atoms with E-state index in [4.69, 9.17) is 15.6 Å². The van der Waals surface area contributed by atoms with E-state index in [9.17, 15) is 4.79 Å². The monoisotopic (exact) mass is 339 g/mol. The van der Waals surface area contributed by atoms with Gasteiger partial charge in [0.05, 0.1) is 24.6 Å². The molecule has 0 spiro atoms. The lowest BCUT2D eigenvalue weighted by Gasteiger charge is -2.13. The van der Waals surface area contributed by atoms with Crippen LogP contribution in [0.4, 0.5) is 5.82 Å². The molecule has 0 amide bonds. The zero-order chi connectivity index (χ0) is 18.2. The van der Waals surface area contributed by atoms with Crippen LogP contribution in [0.25, 0.3) is 17.3 Å². The second-order valence-corrected chi connectivity index (χ2v) is 5.18. The van der Waals surface area contributed by atoms with Crippen molar-refractivity contribution >= 4 is 17.9 Å². The van der Waals surface area contributed by atoms with Gasteiger partial charge in [-0.3, -0.25) is 0 Å². The van der Waals surface area contributed by atoms with E-state index < -0.39 is 5.97 Å². The number of aromatic nitrogens is 1. The Labute approximate surface area is 146 Å². The molecule has 1 heterocycles. The number of hydrogen-bond acceptors (Lipinski definition) is 5. The first-order chi connectivity index (χ1) is 12.1. The maximum absolute atomic E-state index is 11.0. The molecule has 25 heavy (non-hydrogen) atoms. The maximum atomic E-state index is 11.0. The third kappa shape index (κ3) is 4.45. The molecule has 6 heteroatoms. The highest BCUT2D eigenvalue weighted by Gasteiger charge is 2.11. The first-order valence-corrected chi connectivity index (χ1v) is 7.72. The molecule has 2 rings (SSSR count). The van der Waals surface area contributed by atoms with E-state index in [1.165, 1.54) is 0 Å². The molecule has 1 aromatic heterocycles. The fraction of sp³-hybridized carbons (Fsp3) is 0.158. The van der Waals surface area contributed by atoms with Crippen LogP contribution in [0.1, 0.15) is 21.5 Å². The number of carbonyl (C=O) groups is 1. The molecular formula is C19H21N3O3. The van der Waals surface area contributed by atoms with E-state index in [0.29, 0.717) is 12.4 Å². The van der Waals surface area contributed by atoms with Crippen molar-refractivity contribution < 1.29 is 14.6 Å². The van der Waals surface area contributed by atoms with Crippen LogP contribution in [0.15, 0.2) is 48.7 Å². The van der Waals surface area contributed by atoms with Crippen molar-refractivity contribution in [1.29, 1.82) is 0 Å². The topological polar surface area (TPSA) is 97.5 Å². The Kier molecular flexibility index (Phi) is 6.31. The summed E-state index contributed by atoms with van der Waals surface area (Å²) in [5.41, 5.74) is 9.50. The van der Waals surface area contributed by atoms with Gasteiger partial charge in [-0.25, -0.2) is 9.78 Å². The normalized spacial score (nSPS) is 11.2. The average Bonchev–Trinajstić information content (AvgIpc) is 2.64. The molecular weight excluding hydrogens is 318 g/mol. The first-order valence-electron chi connectivity index (χ1n) is 7.72. The van der Waals surface area contributed by atoms with Crippen LogP contribution >= 0.6 is 0 Å². The molecule has 0 saturated carbocycles. The molecule has 0 aliphatic heterocycles. The Morgan fingerprint density at radius 3 is 2.60 bits per heavy atom. The summed E-state index contributed by atoms with van der Waals surface area (Å²) >= 11 is 0. The van der Waals surface area contributed by atoms with Crippen LogP contribution in [-0.2, 0) is 11.3 Å².